The molecule has 0 aliphatic rings. The van der Waals surface area contributed by atoms with Crippen LogP contribution in [-0.4, -0.2) is 15.5 Å². The van der Waals surface area contributed by atoms with Gasteiger partial charge in [-0.25, -0.2) is 4.39 Å². The number of hydrogen-bond donors (Lipinski definition) is 2. The van der Waals surface area contributed by atoms with Crippen molar-refractivity contribution in [2.45, 2.75) is 27.3 Å². The van der Waals surface area contributed by atoms with Crippen LogP contribution in [0.4, 0.5) is 4.39 Å². The van der Waals surface area contributed by atoms with Gasteiger partial charge >= 0.3 is 0 Å². The Morgan fingerprint density at radius 2 is 2.16 bits per heavy atom. The van der Waals surface area contributed by atoms with Crippen LogP contribution in [0.2, 0.25) is 0 Å². The molecule has 3 N–H and O–H groups in total. The summed E-state index contributed by atoms with van der Waals surface area (Å²) in [6.07, 6.45) is 0. The molecular formula is C13H16FN3OS. The lowest BCUT2D eigenvalue weighted by molar-refractivity contribution is -0.126. The SMILES string of the molecule is Cc1cc2c(cc1F)[nH]c(=S)n2CC(C)(C)C(N)=O. The molecule has 0 atom stereocenters. The lowest BCUT2D eigenvalue weighted by Gasteiger charge is -2.21. The normalized spacial score (nSPS) is 12.0. The van der Waals surface area contributed by atoms with Crippen LogP contribution in [0.15, 0.2) is 12.1 Å². The standard InChI is InChI=1S/C13H16FN3OS/c1-7-4-10-9(5-8(7)14)16-12(19)17(10)6-13(2,3)11(15)18/h4-5H,6H2,1-3H3,(H2,15,18)(H,16,19). The fraction of sp³-hybridized carbons (Fsp3) is 0.385. The maximum absolute atomic E-state index is 13.5. The van der Waals surface area contributed by atoms with E-state index in [4.69, 9.17) is 18.0 Å². The summed E-state index contributed by atoms with van der Waals surface area (Å²) in [6, 6.07) is 3.13. The van der Waals surface area contributed by atoms with Gasteiger partial charge in [-0.3, -0.25) is 4.79 Å². The van der Waals surface area contributed by atoms with Gasteiger partial charge in [0.05, 0.1) is 16.4 Å². The summed E-state index contributed by atoms with van der Waals surface area (Å²) >= 11 is 5.23. The van der Waals surface area contributed by atoms with Crippen LogP contribution in [0.5, 0.6) is 0 Å². The monoisotopic (exact) mass is 281 g/mol. The quantitative estimate of drug-likeness (QED) is 0.850. The van der Waals surface area contributed by atoms with Crippen molar-refractivity contribution in [2.24, 2.45) is 11.1 Å². The summed E-state index contributed by atoms with van der Waals surface area (Å²) in [5, 5.41) is 0. The van der Waals surface area contributed by atoms with Gasteiger partial charge in [-0.05, 0) is 50.7 Å². The molecule has 4 nitrogen and oxygen atoms in total. The Hall–Kier alpha value is -1.69. The van der Waals surface area contributed by atoms with E-state index in [1.807, 2.05) is 0 Å². The first-order chi connectivity index (χ1) is 8.72. The number of carbonyl (C=O) groups is 1. The number of imidazole rings is 1. The Kier molecular flexibility index (Phi) is 3.22. The van der Waals surface area contributed by atoms with Gasteiger partial charge in [0.25, 0.3) is 0 Å². The molecular weight excluding hydrogens is 265 g/mol. The second-order valence-electron chi connectivity index (χ2n) is 5.38. The predicted molar refractivity (Wildman–Crippen MR) is 74.8 cm³/mol. The van der Waals surface area contributed by atoms with Gasteiger partial charge in [0, 0.05) is 6.54 Å². The molecule has 6 heteroatoms. The van der Waals surface area contributed by atoms with E-state index in [0.29, 0.717) is 22.4 Å². The van der Waals surface area contributed by atoms with Gasteiger partial charge < -0.3 is 15.3 Å². The summed E-state index contributed by atoms with van der Waals surface area (Å²) in [6.45, 7) is 5.55. The van der Waals surface area contributed by atoms with Crippen molar-refractivity contribution in [3.63, 3.8) is 0 Å². The number of carbonyl (C=O) groups excluding carboxylic acids is 1. The number of hydrogen-bond acceptors (Lipinski definition) is 2. The van der Waals surface area contributed by atoms with Crippen molar-refractivity contribution in [3.05, 3.63) is 28.3 Å². The smallest absolute Gasteiger partial charge is 0.224 e. The summed E-state index contributed by atoms with van der Waals surface area (Å²) in [4.78, 5) is 14.4. The number of rotatable bonds is 3. The molecule has 19 heavy (non-hydrogen) atoms. The minimum atomic E-state index is -0.727. The van der Waals surface area contributed by atoms with E-state index in [9.17, 15) is 9.18 Å². The van der Waals surface area contributed by atoms with Crippen LogP contribution < -0.4 is 5.73 Å². The number of halogens is 1. The van der Waals surface area contributed by atoms with E-state index >= 15 is 0 Å². The minimum absolute atomic E-state index is 0.287. The van der Waals surface area contributed by atoms with Crippen molar-refractivity contribution in [1.29, 1.82) is 0 Å². The summed E-state index contributed by atoms with van der Waals surface area (Å²) < 4.78 is 15.8. The molecule has 0 saturated carbocycles. The number of aromatic nitrogens is 2. The van der Waals surface area contributed by atoms with E-state index < -0.39 is 11.3 Å². The van der Waals surface area contributed by atoms with Crippen LogP contribution in [-0.2, 0) is 11.3 Å². The number of aryl methyl sites for hydroxylation is 1. The van der Waals surface area contributed by atoms with Crippen LogP contribution >= 0.6 is 12.2 Å². The molecule has 1 aromatic carbocycles. The number of aromatic amines is 1. The average molecular weight is 281 g/mol. The molecule has 1 amide bonds. The molecule has 102 valence electrons. The van der Waals surface area contributed by atoms with E-state index in [1.54, 1.807) is 31.4 Å². The van der Waals surface area contributed by atoms with Gasteiger partial charge in [-0.1, -0.05) is 0 Å². The minimum Gasteiger partial charge on any atom is -0.369 e. The number of nitrogens with two attached hydrogens (primary N) is 1. The molecule has 0 unspecified atom stereocenters. The molecule has 0 bridgehead atoms. The van der Waals surface area contributed by atoms with E-state index in [-0.39, 0.29) is 5.82 Å². The molecule has 0 radical (unpaired) electrons. The molecule has 2 rings (SSSR count). The third kappa shape index (κ3) is 2.40. The lowest BCUT2D eigenvalue weighted by atomic mass is 9.92. The highest BCUT2D eigenvalue weighted by atomic mass is 32.1. The highest BCUT2D eigenvalue weighted by Crippen LogP contribution is 2.24. The van der Waals surface area contributed by atoms with Gasteiger partial charge in [0.2, 0.25) is 5.91 Å². The van der Waals surface area contributed by atoms with Crippen molar-refractivity contribution in [2.75, 3.05) is 0 Å². The van der Waals surface area contributed by atoms with Crippen LogP contribution in [0.3, 0.4) is 0 Å². The van der Waals surface area contributed by atoms with Crippen molar-refractivity contribution in [1.82, 2.24) is 9.55 Å². The third-order valence-electron chi connectivity index (χ3n) is 3.27. The highest BCUT2D eigenvalue weighted by molar-refractivity contribution is 7.71. The molecule has 0 spiro atoms. The summed E-state index contributed by atoms with van der Waals surface area (Å²) in [5.41, 5.74) is 6.58. The lowest BCUT2D eigenvalue weighted by Crippen LogP contribution is -2.35. The zero-order chi connectivity index (χ0) is 14.4. The fourth-order valence-corrected chi connectivity index (χ4v) is 2.18. The second-order valence-corrected chi connectivity index (χ2v) is 5.77. The van der Waals surface area contributed by atoms with Crippen molar-refractivity contribution in [3.8, 4) is 0 Å². The number of primary amides is 1. The van der Waals surface area contributed by atoms with Crippen molar-refractivity contribution >= 4 is 29.2 Å². The number of H-pyrrole nitrogens is 1. The van der Waals surface area contributed by atoms with E-state index in [2.05, 4.69) is 4.98 Å². The Labute approximate surface area is 115 Å². The molecule has 0 aliphatic heterocycles. The first-order valence-corrected chi connectivity index (χ1v) is 6.32. The maximum Gasteiger partial charge on any atom is 0.224 e. The second kappa shape index (κ2) is 4.45. The number of benzene rings is 1. The van der Waals surface area contributed by atoms with Crippen LogP contribution in [0.25, 0.3) is 11.0 Å². The molecule has 0 fully saturated rings. The Morgan fingerprint density at radius 3 is 2.74 bits per heavy atom. The van der Waals surface area contributed by atoms with Gasteiger partial charge in [-0.2, -0.15) is 0 Å². The van der Waals surface area contributed by atoms with Gasteiger partial charge in [-0.15, -0.1) is 0 Å². The maximum atomic E-state index is 13.5. The van der Waals surface area contributed by atoms with Crippen LogP contribution in [0.1, 0.15) is 19.4 Å². The summed E-state index contributed by atoms with van der Waals surface area (Å²) in [7, 11) is 0. The first-order valence-electron chi connectivity index (χ1n) is 5.91. The molecule has 0 saturated heterocycles. The zero-order valence-electron chi connectivity index (χ0n) is 11.1. The van der Waals surface area contributed by atoms with Gasteiger partial charge in [0.1, 0.15) is 5.82 Å². The number of nitrogens with one attached hydrogen (secondary N) is 1. The fourth-order valence-electron chi connectivity index (χ4n) is 1.91. The molecule has 0 aliphatic carbocycles. The Bertz CT molecular complexity index is 714. The molecule has 1 aromatic heterocycles. The van der Waals surface area contributed by atoms with Crippen molar-refractivity contribution < 1.29 is 9.18 Å². The molecule has 1 heterocycles. The first kappa shape index (κ1) is 13.7. The third-order valence-corrected chi connectivity index (χ3v) is 3.60. The van der Waals surface area contributed by atoms with E-state index in [1.165, 1.54) is 6.07 Å². The average Bonchev–Trinajstić information content (AvgIpc) is 2.56. The predicted octanol–water partition coefficient (Wildman–Crippen LogP) is 2.66. The Balaban J connectivity index is 2.61. The van der Waals surface area contributed by atoms with Gasteiger partial charge in [0.15, 0.2) is 4.77 Å². The number of amides is 1. The largest absolute Gasteiger partial charge is 0.369 e. The molecule has 2 aromatic rings. The topological polar surface area (TPSA) is 63.8 Å². The number of nitrogens with zero attached hydrogens (tertiary/aromatic N) is 1. The highest BCUT2D eigenvalue weighted by Gasteiger charge is 2.26. The number of fused-ring (bicyclic) bond motifs is 1. The summed E-state index contributed by atoms with van der Waals surface area (Å²) in [5.74, 6) is -0.687. The van der Waals surface area contributed by atoms with E-state index in [0.717, 1.165) is 5.52 Å². The van der Waals surface area contributed by atoms with Crippen LogP contribution in [0, 0.1) is 22.9 Å². The Morgan fingerprint density at radius 1 is 1.53 bits per heavy atom. The zero-order valence-corrected chi connectivity index (χ0v) is 11.9.